The van der Waals surface area contributed by atoms with Gasteiger partial charge in [0.05, 0.1) is 16.7 Å². The van der Waals surface area contributed by atoms with Gasteiger partial charge in [-0.15, -0.1) is 0 Å². The van der Waals surface area contributed by atoms with Crippen LogP contribution in [-0.4, -0.2) is 24.2 Å². The first-order valence-corrected chi connectivity index (χ1v) is 7.58. The molecule has 0 aliphatic carbocycles. The minimum Gasteiger partial charge on any atom is -0.481 e. The zero-order chi connectivity index (χ0) is 15.5. The van der Waals surface area contributed by atoms with Gasteiger partial charge in [0.25, 0.3) is 0 Å². The number of hydrogen-bond donors (Lipinski definition) is 1. The van der Waals surface area contributed by atoms with Crippen molar-refractivity contribution in [3.63, 3.8) is 0 Å². The quantitative estimate of drug-likeness (QED) is 0.921. The van der Waals surface area contributed by atoms with Crippen LogP contribution in [0.25, 0.3) is 0 Å². The van der Waals surface area contributed by atoms with Crippen molar-refractivity contribution in [1.82, 2.24) is 0 Å². The van der Waals surface area contributed by atoms with Gasteiger partial charge in [0.1, 0.15) is 6.07 Å². The molecule has 0 spiro atoms. The Labute approximate surface area is 129 Å². The third-order valence-electron chi connectivity index (χ3n) is 4.32. The number of carbonyl (C=O) groups is 1. The highest BCUT2D eigenvalue weighted by Gasteiger charge is 2.40. The molecule has 21 heavy (non-hydrogen) atoms. The molecule has 112 valence electrons. The topological polar surface area (TPSA) is 64.3 Å². The fourth-order valence-electron chi connectivity index (χ4n) is 3.10. The number of nitriles is 1. The van der Waals surface area contributed by atoms with Crippen LogP contribution in [0.2, 0.25) is 5.02 Å². The summed E-state index contributed by atoms with van der Waals surface area (Å²) in [7, 11) is 0. The van der Waals surface area contributed by atoms with Gasteiger partial charge in [0, 0.05) is 18.1 Å². The van der Waals surface area contributed by atoms with Crippen LogP contribution in [0.15, 0.2) is 18.2 Å². The van der Waals surface area contributed by atoms with Crippen molar-refractivity contribution < 1.29 is 9.90 Å². The number of anilines is 1. The van der Waals surface area contributed by atoms with Gasteiger partial charge in [-0.1, -0.05) is 24.9 Å². The number of benzene rings is 1. The van der Waals surface area contributed by atoms with Crippen LogP contribution in [0.1, 0.15) is 38.2 Å². The van der Waals surface area contributed by atoms with Crippen molar-refractivity contribution in [3.05, 3.63) is 28.8 Å². The maximum absolute atomic E-state index is 11.6. The molecule has 0 unspecified atom stereocenters. The van der Waals surface area contributed by atoms with E-state index in [4.69, 9.17) is 11.6 Å². The van der Waals surface area contributed by atoms with Crippen LogP contribution in [0.3, 0.4) is 0 Å². The molecule has 1 aromatic carbocycles. The average Bonchev–Trinajstić information content (AvgIpc) is 2.48. The van der Waals surface area contributed by atoms with E-state index in [9.17, 15) is 15.2 Å². The van der Waals surface area contributed by atoms with Gasteiger partial charge in [-0.25, -0.2) is 0 Å². The van der Waals surface area contributed by atoms with Crippen LogP contribution in [0.4, 0.5) is 5.69 Å². The molecular weight excluding hydrogens is 288 g/mol. The van der Waals surface area contributed by atoms with Crippen LogP contribution < -0.4 is 4.90 Å². The molecule has 0 aromatic heterocycles. The zero-order valence-corrected chi connectivity index (χ0v) is 12.9. The Morgan fingerprint density at radius 3 is 2.67 bits per heavy atom. The molecule has 1 saturated heterocycles. The van der Waals surface area contributed by atoms with E-state index in [1.165, 1.54) is 0 Å². The molecule has 0 atom stereocenters. The lowest BCUT2D eigenvalue weighted by Crippen LogP contribution is -2.44. The molecule has 0 saturated carbocycles. The number of carboxylic acid groups (broad SMARTS) is 1. The smallest absolute Gasteiger partial charge is 0.309 e. The highest BCUT2D eigenvalue weighted by atomic mass is 35.5. The monoisotopic (exact) mass is 306 g/mol. The van der Waals surface area contributed by atoms with E-state index >= 15 is 0 Å². The lowest BCUT2D eigenvalue weighted by molar-refractivity contribution is -0.150. The predicted molar refractivity (Wildman–Crippen MR) is 82.6 cm³/mol. The molecule has 1 aromatic rings. The first-order valence-electron chi connectivity index (χ1n) is 7.20. The third kappa shape index (κ3) is 3.14. The molecule has 0 bridgehead atoms. The molecule has 2 rings (SSSR count). The van der Waals surface area contributed by atoms with Gasteiger partial charge in [-0.3, -0.25) is 4.79 Å². The van der Waals surface area contributed by atoms with Crippen molar-refractivity contribution in [2.45, 2.75) is 32.6 Å². The van der Waals surface area contributed by atoms with Gasteiger partial charge in [0.2, 0.25) is 0 Å². The van der Waals surface area contributed by atoms with Crippen molar-refractivity contribution in [2.75, 3.05) is 18.0 Å². The number of carboxylic acids is 1. The Kier molecular flexibility index (Phi) is 4.74. The number of hydrogen-bond acceptors (Lipinski definition) is 3. The summed E-state index contributed by atoms with van der Waals surface area (Å²) < 4.78 is 0. The molecule has 1 N–H and O–H groups in total. The largest absolute Gasteiger partial charge is 0.481 e. The third-order valence-corrected chi connectivity index (χ3v) is 4.56. The number of aliphatic carboxylic acids is 1. The summed E-state index contributed by atoms with van der Waals surface area (Å²) in [5, 5.41) is 19.3. The second-order valence-electron chi connectivity index (χ2n) is 5.60. The van der Waals surface area contributed by atoms with E-state index in [1.54, 1.807) is 12.1 Å². The van der Waals surface area contributed by atoms with Crippen LogP contribution >= 0.6 is 11.6 Å². The summed E-state index contributed by atoms with van der Waals surface area (Å²) in [5.74, 6) is -0.694. The van der Waals surface area contributed by atoms with Crippen molar-refractivity contribution >= 4 is 23.3 Å². The van der Waals surface area contributed by atoms with E-state index in [1.807, 2.05) is 13.0 Å². The summed E-state index contributed by atoms with van der Waals surface area (Å²) in [6, 6.07) is 7.42. The van der Waals surface area contributed by atoms with Gasteiger partial charge >= 0.3 is 5.97 Å². The first-order chi connectivity index (χ1) is 10.0. The van der Waals surface area contributed by atoms with Gasteiger partial charge in [-0.05, 0) is 37.5 Å². The van der Waals surface area contributed by atoms with Crippen molar-refractivity contribution in [3.8, 4) is 6.07 Å². The molecule has 1 aliphatic rings. The number of nitrogens with zero attached hydrogens (tertiary/aromatic N) is 2. The Morgan fingerprint density at radius 2 is 2.14 bits per heavy atom. The normalized spacial score (nSPS) is 17.3. The molecule has 5 heteroatoms. The summed E-state index contributed by atoms with van der Waals surface area (Å²) in [5.41, 5.74) is 0.781. The van der Waals surface area contributed by atoms with E-state index in [2.05, 4.69) is 11.0 Å². The summed E-state index contributed by atoms with van der Waals surface area (Å²) in [4.78, 5) is 13.7. The maximum Gasteiger partial charge on any atom is 0.309 e. The van der Waals surface area contributed by atoms with Crippen LogP contribution in [0.5, 0.6) is 0 Å². The van der Waals surface area contributed by atoms with E-state index < -0.39 is 11.4 Å². The molecule has 1 fully saturated rings. The minimum atomic E-state index is -0.694. The molecule has 0 radical (unpaired) electrons. The number of piperidine rings is 1. The van der Waals surface area contributed by atoms with E-state index in [-0.39, 0.29) is 0 Å². The second kappa shape index (κ2) is 6.36. The Morgan fingerprint density at radius 1 is 1.48 bits per heavy atom. The lowest BCUT2D eigenvalue weighted by atomic mass is 9.75. The summed E-state index contributed by atoms with van der Waals surface area (Å²) >= 11 is 5.92. The van der Waals surface area contributed by atoms with Crippen molar-refractivity contribution in [1.29, 1.82) is 5.26 Å². The fourth-order valence-corrected chi connectivity index (χ4v) is 3.27. The predicted octanol–water partition coefficient (Wildman–Crippen LogP) is 3.68. The highest BCUT2D eigenvalue weighted by Crippen LogP contribution is 2.38. The Hall–Kier alpha value is -1.73. The lowest BCUT2D eigenvalue weighted by Gasteiger charge is -2.40. The second-order valence-corrected chi connectivity index (χ2v) is 6.03. The summed E-state index contributed by atoms with van der Waals surface area (Å²) in [6.45, 7) is 3.33. The van der Waals surface area contributed by atoms with E-state index in [0.717, 1.165) is 12.1 Å². The minimum absolute atomic E-state index is 0.540. The standard InChI is InChI=1S/C16H19ClN2O2/c1-2-5-16(15(20)21)6-8-19(9-7-16)14-4-3-13(17)10-12(14)11-18/h3-4,10H,2,5-9H2,1H3,(H,20,21). The Balaban J connectivity index is 2.18. The average molecular weight is 307 g/mol. The first kappa shape index (κ1) is 15.7. The molecule has 1 heterocycles. The SMILES string of the molecule is CCCC1(C(=O)O)CCN(c2ccc(Cl)cc2C#N)CC1. The molecular formula is C16H19ClN2O2. The van der Waals surface area contributed by atoms with Crippen LogP contribution in [-0.2, 0) is 4.79 Å². The molecule has 1 aliphatic heterocycles. The molecule has 4 nitrogen and oxygen atoms in total. The Bertz CT molecular complexity index is 572. The van der Waals surface area contributed by atoms with Crippen molar-refractivity contribution in [2.24, 2.45) is 5.41 Å². The highest BCUT2D eigenvalue weighted by molar-refractivity contribution is 6.30. The summed E-state index contributed by atoms with van der Waals surface area (Å²) in [6.07, 6.45) is 2.81. The van der Waals surface area contributed by atoms with Crippen LogP contribution in [0, 0.1) is 16.7 Å². The molecule has 0 amide bonds. The maximum atomic E-state index is 11.6. The van der Waals surface area contributed by atoms with Gasteiger partial charge in [0.15, 0.2) is 0 Å². The zero-order valence-electron chi connectivity index (χ0n) is 12.1. The van der Waals surface area contributed by atoms with Gasteiger partial charge < -0.3 is 10.0 Å². The number of halogens is 1. The number of rotatable bonds is 4. The fraction of sp³-hybridized carbons (Fsp3) is 0.500. The van der Waals surface area contributed by atoms with Gasteiger partial charge in [-0.2, -0.15) is 5.26 Å². The van der Waals surface area contributed by atoms with E-state index in [0.29, 0.717) is 42.9 Å².